The zero-order valence-corrected chi connectivity index (χ0v) is 32.7. The summed E-state index contributed by atoms with van der Waals surface area (Å²) in [5.74, 6) is -0.826. The van der Waals surface area contributed by atoms with Gasteiger partial charge in [0.2, 0.25) is 0 Å². The number of fused-ring (bicyclic) bond motifs is 8. The molecule has 2 fully saturated rings. The first kappa shape index (κ1) is 39.5. The predicted molar refractivity (Wildman–Crippen MR) is 213 cm³/mol. The Morgan fingerprint density at radius 2 is 1.17 bits per heavy atom. The average molecular weight is 817 g/mol. The van der Waals surface area contributed by atoms with Crippen LogP contribution in [0.2, 0.25) is 0 Å². The minimum Gasteiger partial charge on any atom is -0.380 e. The van der Waals surface area contributed by atoms with Gasteiger partial charge in [-0.15, -0.1) is 0 Å². The molecule has 5 atom stereocenters. The van der Waals surface area contributed by atoms with Crippen LogP contribution in [0.1, 0.15) is 86.5 Å². The van der Waals surface area contributed by atoms with Crippen LogP contribution in [0.3, 0.4) is 0 Å². The number of carbonyl (C=O) groups is 1. The molecule has 60 heavy (non-hydrogen) atoms. The van der Waals surface area contributed by atoms with Crippen LogP contribution in [-0.2, 0) is 28.5 Å². The molecule has 6 aromatic rings. The quantitative estimate of drug-likeness (QED) is 0.174. The van der Waals surface area contributed by atoms with E-state index < -0.39 is 41.4 Å². The lowest BCUT2D eigenvalue weighted by Gasteiger charge is -2.46. The van der Waals surface area contributed by atoms with Crippen molar-refractivity contribution in [3.63, 3.8) is 0 Å². The Morgan fingerprint density at radius 3 is 1.65 bits per heavy atom. The van der Waals surface area contributed by atoms with Crippen LogP contribution in [0.25, 0.3) is 33.2 Å². The highest BCUT2D eigenvalue weighted by atomic mass is 19.4. The van der Waals surface area contributed by atoms with Gasteiger partial charge in [0.05, 0.1) is 57.8 Å². The number of aliphatic hydroxyl groups is 1. The number of hydrogen-bond acceptors (Lipinski definition) is 6. The van der Waals surface area contributed by atoms with Gasteiger partial charge in [-0.1, -0.05) is 0 Å². The van der Waals surface area contributed by atoms with E-state index in [0.29, 0.717) is 44.2 Å². The van der Waals surface area contributed by atoms with E-state index in [2.05, 4.69) is 34.5 Å². The number of rotatable bonds is 2. The summed E-state index contributed by atoms with van der Waals surface area (Å²) in [5, 5.41) is 41.4. The van der Waals surface area contributed by atoms with Gasteiger partial charge in [-0.25, -0.2) is 18.1 Å². The lowest BCUT2D eigenvalue weighted by molar-refractivity contribution is -0.277. The molecule has 2 aromatic heterocycles. The molecule has 306 valence electrons. The SMILES string of the molecule is N#C[C@@]12CCC(=O)C[C@H]1CCCc1cc3c(cnn3-c3ccc(F)cc3)cc12.N#C[C@@]12CC[C@](O)(C(F)(F)F)C[C@H]1CCCc1cc3c(cnn3-c3ccc(F)cc3)cc12. The average Bonchev–Trinajstić information content (AvgIpc) is 3.76. The molecule has 0 saturated heterocycles. The van der Waals surface area contributed by atoms with Crippen LogP contribution < -0.4 is 0 Å². The van der Waals surface area contributed by atoms with Gasteiger partial charge in [0.1, 0.15) is 17.4 Å². The number of Topliss-reactive ketones (excluding diaryl/α,β-unsaturated/α-hetero) is 1. The molecule has 10 rings (SSSR count). The van der Waals surface area contributed by atoms with Crippen LogP contribution >= 0.6 is 0 Å². The third kappa shape index (κ3) is 6.46. The predicted octanol–water partition coefficient (Wildman–Crippen LogP) is 9.99. The summed E-state index contributed by atoms with van der Waals surface area (Å²) in [6.07, 6.45) is 3.83. The minimum atomic E-state index is -4.72. The van der Waals surface area contributed by atoms with Crippen molar-refractivity contribution < 1.29 is 31.9 Å². The molecule has 1 N–H and O–H groups in total. The standard InChI is InChI=1S/C24H21F4N3O.C23H20FN3O/c25-18-4-6-19(7-5-18)31-21-11-15-2-1-3-17-12-23(32,24(26,27)28)9-8-22(17,14-29)20(15)10-16(21)13-30-31;24-18-4-6-19(7-5-18)27-22-11-15-2-1-3-17-12-20(28)8-9-23(17,14-25)21(15)10-16(22)13-26-27/h4-7,10-11,13,17,32H,1-3,8-9,12H2;4-7,10-11,13,17H,1-3,8-9,12H2/t17-,22+,23-;17-,23+/m11/s1. The largest absolute Gasteiger partial charge is 0.417 e. The fourth-order valence-electron chi connectivity index (χ4n) is 10.6. The molecule has 0 amide bonds. The van der Waals surface area contributed by atoms with Crippen molar-refractivity contribution in [3.8, 4) is 23.5 Å². The fourth-order valence-corrected chi connectivity index (χ4v) is 10.6. The van der Waals surface area contributed by atoms with E-state index in [1.54, 1.807) is 41.3 Å². The summed E-state index contributed by atoms with van der Waals surface area (Å²) in [7, 11) is 0. The maximum Gasteiger partial charge on any atom is 0.417 e. The number of nitrogens with zero attached hydrogens (tertiary/aromatic N) is 6. The van der Waals surface area contributed by atoms with Crippen molar-refractivity contribution in [1.29, 1.82) is 10.5 Å². The molecule has 2 saturated carbocycles. The number of hydrogen-bond donors (Lipinski definition) is 1. The summed E-state index contributed by atoms with van der Waals surface area (Å²) in [6.45, 7) is 0. The van der Waals surface area contributed by atoms with E-state index in [1.807, 2.05) is 16.8 Å². The molecule has 8 nitrogen and oxygen atoms in total. The molecule has 0 aliphatic heterocycles. The van der Waals surface area contributed by atoms with Gasteiger partial charge < -0.3 is 5.11 Å². The van der Waals surface area contributed by atoms with Gasteiger partial charge >= 0.3 is 6.18 Å². The topological polar surface area (TPSA) is 121 Å². The number of halogens is 5. The van der Waals surface area contributed by atoms with Crippen molar-refractivity contribution in [2.24, 2.45) is 11.8 Å². The summed E-state index contributed by atoms with van der Waals surface area (Å²) in [5.41, 5.74) is 2.78. The van der Waals surface area contributed by atoms with E-state index in [4.69, 9.17) is 0 Å². The van der Waals surface area contributed by atoms with Crippen LogP contribution in [0, 0.1) is 46.1 Å². The number of carbonyl (C=O) groups excluding carboxylic acids is 1. The Labute approximate surface area is 342 Å². The maximum absolute atomic E-state index is 13.5. The highest BCUT2D eigenvalue weighted by Gasteiger charge is 2.61. The Kier molecular flexibility index (Phi) is 9.66. The zero-order valence-electron chi connectivity index (χ0n) is 32.7. The summed E-state index contributed by atoms with van der Waals surface area (Å²) < 4.78 is 70.8. The number of alkyl halides is 3. The van der Waals surface area contributed by atoms with Crippen molar-refractivity contribution in [2.45, 2.75) is 99.7 Å². The molecular formula is C47H41F5N6O2. The monoisotopic (exact) mass is 816 g/mol. The van der Waals surface area contributed by atoms with Crippen molar-refractivity contribution in [2.75, 3.05) is 0 Å². The first-order chi connectivity index (χ1) is 28.8. The smallest absolute Gasteiger partial charge is 0.380 e. The number of benzene rings is 4. The number of aromatic nitrogens is 4. The maximum atomic E-state index is 13.5. The number of ketones is 1. The first-order valence-electron chi connectivity index (χ1n) is 20.4. The highest BCUT2D eigenvalue weighted by Crippen LogP contribution is 2.55. The highest BCUT2D eigenvalue weighted by molar-refractivity contribution is 5.85. The molecular weight excluding hydrogens is 776 g/mol. The molecule has 0 bridgehead atoms. The molecule has 4 aliphatic carbocycles. The molecule has 4 aliphatic rings. The van der Waals surface area contributed by atoms with E-state index in [-0.39, 0.29) is 29.8 Å². The van der Waals surface area contributed by atoms with Gasteiger partial charge in [-0.3, -0.25) is 4.79 Å². The van der Waals surface area contributed by atoms with Crippen molar-refractivity contribution in [3.05, 3.63) is 119 Å². The van der Waals surface area contributed by atoms with Gasteiger partial charge in [0.25, 0.3) is 0 Å². The van der Waals surface area contributed by atoms with E-state index in [0.717, 1.165) is 63.4 Å². The Bertz CT molecular complexity index is 2730. The fraction of sp³-hybridized carbons (Fsp3) is 0.383. The summed E-state index contributed by atoms with van der Waals surface area (Å²) >= 11 is 0. The molecule has 0 spiro atoms. The van der Waals surface area contributed by atoms with E-state index in [9.17, 15) is 42.4 Å². The second kappa shape index (κ2) is 14.7. The van der Waals surface area contributed by atoms with Gasteiger partial charge in [0.15, 0.2) is 5.60 Å². The molecule has 13 heteroatoms. The third-order valence-corrected chi connectivity index (χ3v) is 13.8. The van der Waals surface area contributed by atoms with Crippen molar-refractivity contribution in [1.82, 2.24) is 19.6 Å². The second-order valence-electron chi connectivity index (χ2n) is 17.0. The molecule has 4 aromatic carbocycles. The van der Waals surface area contributed by atoms with Crippen LogP contribution in [0.4, 0.5) is 22.0 Å². The van der Waals surface area contributed by atoms with Crippen LogP contribution in [0.15, 0.2) is 85.2 Å². The van der Waals surface area contributed by atoms with E-state index >= 15 is 0 Å². The van der Waals surface area contributed by atoms with Gasteiger partial charge in [-0.2, -0.15) is 33.9 Å². The molecule has 2 heterocycles. The first-order valence-corrected chi connectivity index (χ1v) is 20.4. The second-order valence-corrected chi connectivity index (χ2v) is 17.0. The minimum absolute atomic E-state index is 0.0468. The number of nitriles is 2. The van der Waals surface area contributed by atoms with E-state index in [1.165, 1.54) is 29.8 Å². The molecule has 0 unspecified atom stereocenters. The Hall–Kier alpha value is -5.92. The van der Waals surface area contributed by atoms with Gasteiger partial charge in [-0.05, 0) is 171 Å². The molecule has 0 radical (unpaired) electrons. The third-order valence-electron chi connectivity index (χ3n) is 13.8. The summed E-state index contributed by atoms with van der Waals surface area (Å²) in [4.78, 5) is 12.0. The summed E-state index contributed by atoms with van der Waals surface area (Å²) in [6, 6.07) is 25.3. The lowest BCUT2D eigenvalue weighted by Crippen LogP contribution is -2.54. The normalized spacial score (nSPS) is 26.2. The lowest BCUT2D eigenvalue weighted by atomic mass is 9.58. The zero-order chi connectivity index (χ0) is 42.0. The van der Waals surface area contributed by atoms with Crippen LogP contribution in [0.5, 0.6) is 0 Å². The van der Waals surface area contributed by atoms with Crippen molar-refractivity contribution >= 4 is 27.6 Å². The Morgan fingerprint density at radius 1 is 0.683 bits per heavy atom. The van der Waals surface area contributed by atoms with Gasteiger partial charge in [0, 0.05) is 23.6 Å². The number of aryl methyl sites for hydroxylation is 2. The van der Waals surface area contributed by atoms with Crippen LogP contribution in [-0.4, -0.2) is 42.2 Å². The Balaban J connectivity index is 0.000000155.